The molecule has 2 aromatic carbocycles. The molecule has 1 N–H and O–H groups in total. The number of aliphatic hydroxyl groups is 1. The van der Waals surface area contributed by atoms with E-state index in [9.17, 15) is 23.9 Å². The third-order valence-electron chi connectivity index (χ3n) is 5.66. The van der Waals surface area contributed by atoms with Crippen LogP contribution < -0.4 is 9.64 Å². The van der Waals surface area contributed by atoms with Gasteiger partial charge in [0, 0.05) is 5.56 Å². The summed E-state index contributed by atoms with van der Waals surface area (Å²) in [6.07, 6.45) is 0. The lowest BCUT2D eigenvalue weighted by molar-refractivity contribution is -0.132. The molecule has 0 saturated carbocycles. The fraction of sp³-hybridized carbons (Fsp3) is 0.200. The van der Waals surface area contributed by atoms with Crippen LogP contribution in [0.25, 0.3) is 5.76 Å². The molecule has 35 heavy (non-hydrogen) atoms. The number of carbonyl (C=O) groups is 3. The molecule has 4 rings (SSSR count). The van der Waals surface area contributed by atoms with Gasteiger partial charge in [-0.1, -0.05) is 23.5 Å². The van der Waals surface area contributed by atoms with E-state index in [1.165, 1.54) is 38.5 Å². The van der Waals surface area contributed by atoms with Crippen LogP contribution in [0, 0.1) is 19.7 Å². The molecule has 0 spiro atoms. The molecule has 1 aliphatic heterocycles. The molecule has 0 bridgehead atoms. The van der Waals surface area contributed by atoms with Crippen molar-refractivity contribution in [1.82, 2.24) is 4.98 Å². The fourth-order valence-corrected chi connectivity index (χ4v) is 4.95. The van der Waals surface area contributed by atoms with Gasteiger partial charge < -0.3 is 14.6 Å². The number of ketones is 1. The monoisotopic (exact) mass is 496 g/mol. The molecular formula is C25H21FN2O6S. The number of benzene rings is 2. The number of aromatic nitrogens is 1. The summed E-state index contributed by atoms with van der Waals surface area (Å²) in [7, 11) is 2.74. The molecule has 8 nitrogen and oxygen atoms in total. The number of nitrogens with zero attached hydrogens (tertiary/aromatic N) is 2. The summed E-state index contributed by atoms with van der Waals surface area (Å²) >= 11 is 0.886. The van der Waals surface area contributed by atoms with E-state index in [0.717, 1.165) is 16.2 Å². The SMILES string of the molecule is COC(=O)c1sc(N2C(=O)C(=O)C(=C(O)c3ccc(OC)c(C)c3)C2c2ccc(F)cc2)nc1C. The molecule has 0 aliphatic carbocycles. The molecule has 10 heteroatoms. The quantitative estimate of drug-likeness (QED) is 0.243. The van der Waals surface area contributed by atoms with Gasteiger partial charge >= 0.3 is 11.9 Å². The largest absolute Gasteiger partial charge is 0.507 e. The second-order valence-electron chi connectivity index (χ2n) is 7.81. The lowest BCUT2D eigenvalue weighted by atomic mass is 9.95. The van der Waals surface area contributed by atoms with Crippen molar-refractivity contribution in [3.8, 4) is 5.75 Å². The smallest absolute Gasteiger partial charge is 0.350 e. The number of ether oxygens (including phenoxy) is 2. The number of carbonyl (C=O) groups excluding carboxylic acids is 3. The van der Waals surface area contributed by atoms with Gasteiger partial charge in [-0.15, -0.1) is 0 Å². The Bertz CT molecular complexity index is 1380. The molecule has 1 aliphatic rings. The van der Waals surface area contributed by atoms with Crippen molar-refractivity contribution in [2.45, 2.75) is 19.9 Å². The molecule has 1 fully saturated rings. The molecule has 1 saturated heterocycles. The van der Waals surface area contributed by atoms with Crippen molar-refractivity contribution < 1.29 is 33.4 Å². The van der Waals surface area contributed by atoms with E-state index in [0.29, 0.717) is 28.1 Å². The lowest BCUT2D eigenvalue weighted by Crippen LogP contribution is -2.29. The Morgan fingerprint density at radius 3 is 2.40 bits per heavy atom. The molecule has 1 amide bonds. The zero-order valence-corrected chi connectivity index (χ0v) is 20.1. The average molecular weight is 497 g/mol. The highest BCUT2D eigenvalue weighted by atomic mass is 32.1. The summed E-state index contributed by atoms with van der Waals surface area (Å²) < 4.78 is 23.7. The average Bonchev–Trinajstić information content (AvgIpc) is 3.35. The van der Waals surface area contributed by atoms with E-state index in [4.69, 9.17) is 9.47 Å². The van der Waals surface area contributed by atoms with Crippen LogP contribution >= 0.6 is 11.3 Å². The summed E-state index contributed by atoms with van der Waals surface area (Å²) in [6.45, 7) is 3.36. The van der Waals surface area contributed by atoms with Gasteiger partial charge in [-0.2, -0.15) is 0 Å². The second kappa shape index (κ2) is 9.30. The first kappa shape index (κ1) is 24.1. The van der Waals surface area contributed by atoms with Crippen molar-refractivity contribution >= 4 is 39.9 Å². The van der Waals surface area contributed by atoms with Gasteiger partial charge in [0.15, 0.2) is 5.13 Å². The Morgan fingerprint density at radius 1 is 1.11 bits per heavy atom. The number of halogens is 1. The Morgan fingerprint density at radius 2 is 1.80 bits per heavy atom. The predicted molar refractivity (Wildman–Crippen MR) is 127 cm³/mol. The standard InChI is InChI=1S/C25H21FN2O6S/c1-12-11-15(7-10-17(12)33-3)20(29)18-19(14-5-8-16(26)9-6-14)28(23(31)21(18)30)25-27-13(2)22(35-25)24(32)34-4/h5-11,19,29H,1-4H3. The van der Waals surface area contributed by atoms with Gasteiger partial charge in [0.25, 0.3) is 5.78 Å². The Labute approximate surface area is 204 Å². The van der Waals surface area contributed by atoms with Gasteiger partial charge in [-0.05, 0) is 55.3 Å². The zero-order chi connectivity index (χ0) is 25.4. The molecule has 3 aromatic rings. The number of rotatable bonds is 5. The first-order valence-electron chi connectivity index (χ1n) is 10.4. The van der Waals surface area contributed by atoms with Crippen LogP contribution in [-0.2, 0) is 14.3 Å². The van der Waals surface area contributed by atoms with Crippen molar-refractivity contribution in [3.63, 3.8) is 0 Å². The Hall–Kier alpha value is -4.05. The van der Waals surface area contributed by atoms with E-state index in [1.807, 2.05) is 0 Å². The molecular weight excluding hydrogens is 475 g/mol. The molecule has 0 radical (unpaired) electrons. The van der Waals surface area contributed by atoms with E-state index < -0.39 is 35.3 Å². The Kier molecular flexibility index (Phi) is 6.40. The van der Waals surface area contributed by atoms with Crippen molar-refractivity contribution in [1.29, 1.82) is 0 Å². The number of hydrogen-bond donors (Lipinski definition) is 1. The highest BCUT2D eigenvalue weighted by molar-refractivity contribution is 7.17. The van der Waals surface area contributed by atoms with Crippen LogP contribution in [0.15, 0.2) is 48.0 Å². The zero-order valence-electron chi connectivity index (χ0n) is 19.3. The Balaban J connectivity index is 1.93. The summed E-state index contributed by atoms with van der Waals surface area (Å²) in [5, 5.41) is 11.3. The van der Waals surface area contributed by atoms with Crippen molar-refractivity contribution in [2.24, 2.45) is 0 Å². The van der Waals surface area contributed by atoms with Gasteiger partial charge in [-0.3, -0.25) is 14.5 Å². The van der Waals surface area contributed by atoms with Crippen molar-refractivity contribution in [2.75, 3.05) is 19.1 Å². The topological polar surface area (TPSA) is 106 Å². The maximum absolute atomic E-state index is 13.7. The fourth-order valence-electron chi connectivity index (χ4n) is 3.94. The molecule has 1 unspecified atom stereocenters. The molecule has 1 aromatic heterocycles. The number of aryl methyl sites for hydroxylation is 2. The third-order valence-corrected chi connectivity index (χ3v) is 6.80. The van der Waals surface area contributed by atoms with E-state index in [1.54, 1.807) is 32.0 Å². The number of aliphatic hydroxyl groups excluding tert-OH is 1. The number of amides is 1. The summed E-state index contributed by atoms with van der Waals surface area (Å²) in [6, 6.07) is 8.97. The minimum absolute atomic E-state index is 0.0734. The van der Waals surface area contributed by atoms with Gasteiger partial charge in [0.1, 0.15) is 22.2 Å². The highest BCUT2D eigenvalue weighted by Crippen LogP contribution is 2.44. The number of anilines is 1. The summed E-state index contributed by atoms with van der Waals surface area (Å²) in [5.74, 6) is -2.81. The van der Waals surface area contributed by atoms with Crippen LogP contribution in [0.1, 0.15) is 38.1 Å². The van der Waals surface area contributed by atoms with Gasteiger partial charge in [-0.25, -0.2) is 14.2 Å². The summed E-state index contributed by atoms with van der Waals surface area (Å²) in [4.78, 5) is 44.2. The van der Waals surface area contributed by atoms with Crippen LogP contribution in [0.2, 0.25) is 0 Å². The summed E-state index contributed by atoms with van der Waals surface area (Å²) in [5.41, 5.74) is 1.53. The van der Waals surface area contributed by atoms with E-state index in [2.05, 4.69) is 4.98 Å². The van der Waals surface area contributed by atoms with Crippen LogP contribution in [0.3, 0.4) is 0 Å². The minimum Gasteiger partial charge on any atom is -0.507 e. The van der Waals surface area contributed by atoms with E-state index >= 15 is 0 Å². The van der Waals surface area contributed by atoms with Crippen LogP contribution in [-0.4, -0.2) is 42.0 Å². The number of thiazole rings is 1. The first-order valence-corrected chi connectivity index (χ1v) is 11.3. The van der Waals surface area contributed by atoms with Gasteiger partial charge in [0.05, 0.1) is 31.5 Å². The highest BCUT2D eigenvalue weighted by Gasteiger charge is 2.48. The normalized spacial score (nSPS) is 17.1. The van der Waals surface area contributed by atoms with Crippen LogP contribution in [0.5, 0.6) is 5.75 Å². The first-order chi connectivity index (χ1) is 16.7. The molecule has 1 atom stereocenters. The number of Topliss-reactive ketones (excluding diaryl/α,β-unsaturated/α-hetero) is 1. The van der Waals surface area contributed by atoms with E-state index in [-0.39, 0.29) is 15.6 Å². The number of methoxy groups -OCH3 is 2. The maximum atomic E-state index is 13.7. The maximum Gasteiger partial charge on any atom is 0.350 e. The number of hydrogen-bond acceptors (Lipinski definition) is 8. The predicted octanol–water partition coefficient (Wildman–Crippen LogP) is 4.32. The molecule has 180 valence electrons. The third kappa shape index (κ3) is 4.17. The minimum atomic E-state index is -1.10. The van der Waals surface area contributed by atoms with Crippen molar-refractivity contribution in [3.05, 3.63) is 81.1 Å². The second-order valence-corrected chi connectivity index (χ2v) is 8.79. The number of esters is 1. The van der Waals surface area contributed by atoms with Crippen LogP contribution in [0.4, 0.5) is 9.52 Å². The lowest BCUT2D eigenvalue weighted by Gasteiger charge is -2.23. The van der Waals surface area contributed by atoms with Gasteiger partial charge in [0.2, 0.25) is 0 Å². The molecule has 2 heterocycles.